The van der Waals surface area contributed by atoms with E-state index in [1.165, 1.54) is 28.8 Å². The smallest absolute Gasteiger partial charge is 0.295 e. The monoisotopic (exact) mass is 521 g/mol. The zero-order chi connectivity index (χ0) is 24.2. The van der Waals surface area contributed by atoms with E-state index in [1.54, 1.807) is 42.5 Å². The highest BCUT2D eigenvalue weighted by molar-refractivity contribution is 9.10. The van der Waals surface area contributed by atoms with Crippen LogP contribution in [0, 0.1) is 10.1 Å². The topological polar surface area (TPSA) is 139 Å². The summed E-state index contributed by atoms with van der Waals surface area (Å²) in [6.07, 6.45) is 0. The van der Waals surface area contributed by atoms with Gasteiger partial charge in [0.05, 0.1) is 10.4 Å². The number of aromatic hydroxyl groups is 1. The number of amides is 2. The third kappa shape index (κ3) is 4.84. The van der Waals surface area contributed by atoms with Crippen LogP contribution in [0.1, 0.15) is 10.4 Å². The Morgan fingerprint density at radius 2 is 1.76 bits per heavy atom. The average molecular weight is 522 g/mol. The van der Waals surface area contributed by atoms with E-state index in [0.29, 0.717) is 21.1 Å². The summed E-state index contributed by atoms with van der Waals surface area (Å²) in [7, 11) is 0. The summed E-state index contributed by atoms with van der Waals surface area (Å²) in [6.45, 7) is -0.204. The second-order valence-electron chi connectivity index (χ2n) is 7.14. The van der Waals surface area contributed by atoms with Gasteiger partial charge in [0.25, 0.3) is 11.6 Å². The Morgan fingerprint density at radius 3 is 2.44 bits per heavy atom. The van der Waals surface area contributed by atoms with Crippen molar-refractivity contribution in [3.8, 4) is 5.88 Å². The summed E-state index contributed by atoms with van der Waals surface area (Å²) in [6, 6.07) is 18.9. The van der Waals surface area contributed by atoms with Crippen molar-refractivity contribution in [2.24, 2.45) is 10.2 Å². The zero-order valence-electron chi connectivity index (χ0n) is 17.4. The van der Waals surface area contributed by atoms with Gasteiger partial charge in [0.15, 0.2) is 5.69 Å². The molecule has 1 aromatic heterocycles. The van der Waals surface area contributed by atoms with Gasteiger partial charge in [-0.05, 0) is 42.5 Å². The highest BCUT2D eigenvalue weighted by Gasteiger charge is 2.20. The quantitative estimate of drug-likeness (QED) is 0.193. The lowest BCUT2D eigenvalue weighted by Gasteiger charge is -2.08. The van der Waals surface area contributed by atoms with Crippen molar-refractivity contribution in [3.05, 3.63) is 92.9 Å². The molecular weight excluding hydrogens is 506 g/mol. The van der Waals surface area contributed by atoms with Gasteiger partial charge < -0.3 is 15.0 Å². The number of carbonyl (C=O) groups excluding carboxylic acids is 2. The predicted molar refractivity (Wildman–Crippen MR) is 128 cm³/mol. The van der Waals surface area contributed by atoms with E-state index >= 15 is 0 Å². The van der Waals surface area contributed by atoms with Crippen molar-refractivity contribution in [3.63, 3.8) is 0 Å². The molecule has 2 N–H and O–H groups in total. The largest absolute Gasteiger partial charge is 0.493 e. The maximum atomic E-state index is 12.6. The Bertz CT molecular complexity index is 1430. The number of para-hydroxylation sites is 1. The lowest BCUT2D eigenvalue weighted by atomic mass is 10.2. The molecule has 4 aromatic rings. The van der Waals surface area contributed by atoms with Crippen LogP contribution in [0.2, 0.25) is 0 Å². The highest BCUT2D eigenvalue weighted by Crippen LogP contribution is 2.40. The molecule has 0 saturated carbocycles. The molecule has 0 atom stereocenters. The van der Waals surface area contributed by atoms with Crippen LogP contribution in [-0.4, -0.2) is 26.4 Å². The minimum Gasteiger partial charge on any atom is -0.493 e. The molecule has 0 bridgehead atoms. The van der Waals surface area contributed by atoms with Gasteiger partial charge >= 0.3 is 0 Å². The molecule has 10 nitrogen and oxygen atoms in total. The number of hydrogen-bond acceptors (Lipinski definition) is 6. The maximum absolute atomic E-state index is 12.6. The third-order valence-electron chi connectivity index (χ3n) is 4.90. The van der Waals surface area contributed by atoms with E-state index in [2.05, 4.69) is 31.5 Å². The first-order valence-electron chi connectivity index (χ1n) is 9.89. The minimum atomic E-state index is -0.744. The molecule has 3 aromatic carbocycles. The van der Waals surface area contributed by atoms with Crippen LogP contribution in [-0.2, 0) is 11.3 Å². The fourth-order valence-corrected chi connectivity index (χ4v) is 3.66. The van der Waals surface area contributed by atoms with E-state index < -0.39 is 10.8 Å². The number of nitrogens with one attached hydrogen (secondary N) is 1. The normalized spacial score (nSPS) is 11.1. The Balaban J connectivity index is 1.64. The Labute approximate surface area is 200 Å². The first-order chi connectivity index (χ1) is 16.3. The molecule has 0 spiro atoms. The number of nitro groups is 1. The van der Waals surface area contributed by atoms with Gasteiger partial charge in [0.2, 0.25) is 11.8 Å². The fourth-order valence-electron chi connectivity index (χ4n) is 3.30. The Morgan fingerprint density at radius 1 is 1.06 bits per heavy atom. The lowest BCUT2D eigenvalue weighted by Crippen LogP contribution is -2.18. The summed E-state index contributed by atoms with van der Waals surface area (Å²) in [5, 5.41) is 32.4. The molecule has 34 heavy (non-hydrogen) atoms. The standard InChI is InChI=1S/C23H16BrN5O5/c24-15-8-11-19-18(12-15)21(26-27-22(31)14-6-9-17(10-7-14)29(33)34)23(32)28(19)13-20(30)25-16-4-2-1-3-5-16/h1-12,32H,13H2,(H,25,30). The number of aromatic nitrogens is 1. The van der Waals surface area contributed by atoms with E-state index in [0.717, 1.165) is 0 Å². The molecule has 0 radical (unpaired) electrons. The van der Waals surface area contributed by atoms with Crippen LogP contribution >= 0.6 is 15.9 Å². The summed E-state index contributed by atoms with van der Waals surface area (Å²) < 4.78 is 2.06. The van der Waals surface area contributed by atoms with Crippen LogP contribution in [0.4, 0.5) is 17.1 Å². The van der Waals surface area contributed by atoms with Gasteiger partial charge in [-0.1, -0.05) is 34.1 Å². The van der Waals surface area contributed by atoms with Crippen LogP contribution in [0.25, 0.3) is 10.9 Å². The maximum Gasteiger partial charge on any atom is 0.295 e. The van der Waals surface area contributed by atoms with Crippen molar-refractivity contribution >= 4 is 55.7 Å². The first-order valence-corrected chi connectivity index (χ1v) is 10.7. The van der Waals surface area contributed by atoms with Gasteiger partial charge in [-0.2, -0.15) is 0 Å². The molecule has 0 aliphatic carbocycles. The number of anilines is 1. The fraction of sp³-hybridized carbons (Fsp3) is 0.0435. The number of azo groups is 1. The van der Waals surface area contributed by atoms with Gasteiger partial charge in [0.1, 0.15) is 6.54 Å². The van der Waals surface area contributed by atoms with Crippen molar-refractivity contribution in [1.82, 2.24) is 4.57 Å². The number of fused-ring (bicyclic) bond motifs is 1. The van der Waals surface area contributed by atoms with Gasteiger partial charge in [-0.15, -0.1) is 10.2 Å². The van der Waals surface area contributed by atoms with E-state index in [1.807, 2.05) is 6.07 Å². The minimum absolute atomic E-state index is 0.0130. The Hall–Kier alpha value is -4.38. The molecular formula is C23H16BrN5O5. The van der Waals surface area contributed by atoms with E-state index in [4.69, 9.17) is 0 Å². The zero-order valence-corrected chi connectivity index (χ0v) is 19.0. The van der Waals surface area contributed by atoms with Crippen LogP contribution in [0.5, 0.6) is 5.88 Å². The number of hydrogen-bond donors (Lipinski definition) is 2. The third-order valence-corrected chi connectivity index (χ3v) is 5.39. The number of nitro benzene ring substituents is 1. The van der Waals surface area contributed by atoms with Crippen LogP contribution in [0.15, 0.2) is 87.5 Å². The molecule has 4 rings (SSSR count). The van der Waals surface area contributed by atoms with Crippen molar-refractivity contribution < 1.29 is 19.6 Å². The number of carbonyl (C=O) groups is 2. The summed E-state index contributed by atoms with van der Waals surface area (Å²) in [5.41, 5.74) is 1.08. The number of benzene rings is 3. The molecule has 0 aliphatic rings. The van der Waals surface area contributed by atoms with Gasteiger partial charge in [-0.25, -0.2) is 0 Å². The molecule has 0 unspecified atom stereocenters. The summed E-state index contributed by atoms with van der Waals surface area (Å²) in [4.78, 5) is 35.2. The second kappa shape index (κ2) is 9.63. The van der Waals surface area contributed by atoms with Crippen molar-refractivity contribution in [1.29, 1.82) is 0 Å². The van der Waals surface area contributed by atoms with Crippen LogP contribution < -0.4 is 5.32 Å². The summed E-state index contributed by atoms with van der Waals surface area (Å²) >= 11 is 3.37. The molecule has 2 amide bonds. The van der Waals surface area contributed by atoms with Crippen LogP contribution in [0.3, 0.4) is 0 Å². The molecule has 0 fully saturated rings. The summed E-state index contributed by atoms with van der Waals surface area (Å²) in [5.74, 6) is -1.45. The van der Waals surface area contributed by atoms with Crippen molar-refractivity contribution in [2.45, 2.75) is 6.54 Å². The van der Waals surface area contributed by atoms with Gasteiger partial charge in [0, 0.05) is 33.2 Å². The van der Waals surface area contributed by atoms with Crippen molar-refractivity contribution in [2.75, 3.05) is 5.32 Å². The lowest BCUT2D eigenvalue weighted by molar-refractivity contribution is -0.384. The number of rotatable bonds is 6. The Kier molecular flexibility index (Phi) is 6.46. The molecule has 0 saturated heterocycles. The number of nitrogens with zero attached hydrogens (tertiary/aromatic N) is 4. The average Bonchev–Trinajstić information content (AvgIpc) is 3.08. The molecule has 170 valence electrons. The second-order valence-corrected chi connectivity index (χ2v) is 8.06. The number of non-ortho nitro benzene ring substituents is 1. The first kappa shape index (κ1) is 22.8. The molecule has 11 heteroatoms. The SMILES string of the molecule is O=C(Cn1c(O)c(N=NC(=O)c2ccc([N+](=O)[O-])cc2)c2cc(Br)ccc21)Nc1ccccc1. The number of halogens is 1. The van der Waals surface area contributed by atoms with Gasteiger partial charge in [-0.3, -0.25) is 19.7 Å². The predicted octanol–water partition coefficient (Wildman–Crippen LogP) is 5.58. The molecule has 1 heterocycles. The molecule has 0 aliphatic heterocycles. The van der Waals surface area contributed by atoms with E-state index in [-0.39, 0.29) is 35.3 Å². The van der Waals surface area contributed by atoms with E-state index in [9.17, 15) is 24.8 Å². The highest BCUT2D eigenvalue weighted by atomic mass is 79.9.